The molecule has 0 radical (unpaired) electrons. The van der Waals surface area contributed by atoms with Crippen molar-refractivity contribution in [2.75, 3.05) is 13.1 Å². The Bertz CT molecular complexity index is 287. The van der Waals surface area contributed by atoms with Gasteiger partial charge >= 0.3 is 0 Å². The molecule has 0 aliphatic rings. The second-order valence-corrected chi connectivity index (χ2v) is 3.49. The van der Waals surface area contributed by atoms with Crippen molar-refractivity contribution >= 4 is 0 Å². The minimum Gasteiger partial charge on any atom is -0.472 e. The summed E-state index contributed by atoms with van der Waals surface area (Å²) in [5.41, 5.74) is 1.16. The predicted molar refractivity (Wildman–Crippen MR) is 54.4 cm³/mol. The maximum atomic E-state index is 8.71. The van der Waals surface area contributed by atoms with Crippen molar-refractivity contribution in [2.24, 2.45) is 5.92 Å². The molecule has 0 amide bonds. The van der Waals surface area contributed by atoms with E-state index in [0.29, 0.717) is 0 Å². The molecule has 0 spiro atoms. The summed E-state index contributed by atoms with van der Waals surface area (Å²) in [7, 11) is 0. The maximum Gasteiger partial charge on any atom is 0.0947 e. The van der Waals surface area contributed by atoms with Crippen molar-refractivity contribution in [1.82, 2.24) is 4.90 Å². The highest BCUT2D eigenvalue weighted by Crippen LogP contribution is 2.07. The van der Waals surface area contributed by atoms with E-state index in [4.69, 9.17) is 9.68 Å². The van der Waals surface area contributed by atoms with Gasteiger partial charge in [-0.25, -0.2) is 0 Å². The Balaban J connectivity index is 2.44. The topological polar surface area (TPSA) is 40.2 Å². The maximum absolute atomic E-state index is 8.71. The molecule has 1 heterocycles. The van der Waals surface area contributed by atoms with E-state index in [9.17, 15) is 0 Å². The van der Waals surface area contributed by atoms with Gasteiger partial charge in [-0.05, 0) is 19.5 Å². The van der Waals surface area contributed by atoms with E-state index in [-0.39, 0.29) is 5.92 Å². The molecule has 76 valence electrons. The third-order valence-electron chi connectivity index (χ3n) is 2.19. The van der Waals surface area contributed by atoms with Crippen LogP contribution in [0.3, 0.4) is 0 Å². The molecule has 0 bridgehead atoms. The molecule has 1 atom stereocenters. The summed E-state index contributed by atoms with van der Waals surface area (Å²) in [6, 6.07) is 4.20. The van der Waals surface area contributed by atoms with Crippen LogP contribution in [0.5, 0.6) is 0 Å². The van der Waals surface area contributed by atoms with Gasteiger partial charge in [-0.2, -0.15) is 5.26 Å². The van der Waals surface area contributed by atoms with E-state index in [2.05, 4.69) is 17.9 Å². The molecular formula is C11H16N2O. The van der Waals surface area contributed by atoms with Crippen LogP contribution in [0.4, 0.5) is 0 Å². The van der Waals surface area contributed by atoms with E-state index in [0.717, 1.165) is 25.2 Å². The highest BCUT2D eigenvalue weighted by Gasteiger charge is 2.08. The average Bonchev–Trinajstić information content (AvgIpc) is 2.69. The summed E-state index contributed by atoms with van der Waals surface area (Å²) in [6.07, 6.45) is 3.43. The van der Waals surface area contributed by atoms with Gasteiger partial charge in [0.1, 0.15) is 0 Å². The molecule has 0 fully saturated rings. The van der Waals surface area contributed by atoms with Crippen LogP contribution in [0, 0.1) is 17.2 Å². The number of furan rings is 1. The zero-order valence-corrected chi connectivity index (χ0v) is 8.73. The SMILES string of the molecule is CCN(Cc1ccoc1)CC(C)C#N. The van der Waals surface area contributed by atoms with E-state index >= 15 is 0 Å². The standard InChI is InChI=1S/C11H16N2O/c1-3-13(7-10(2)6-12)8-11-4-5-14-9-11/h4-5,9-10H,3,7-8H2,1-2H3. The van der Waals surface area contributed by atoms with Gasteiger partial charge in [-0.1, -0.05) is 6.92 Å². The molecule has 14 heavy (non-hydrogen) atoms. The molecule has 0 aliphatic carbocycles. The number of rotatable bonds is 5. The zero-order chi connectivity index (χ0) is 10.4. The molecule has 1 unspecified atom stereocenters. The minimum absolute atomic E-state index is 0.0850. The fourth-order valence-electron chi connectivity index (χ4n) is 1.37. The molecule has 1 rings (SSSR count). The summed E-state index contributed by atoms with van der Waals surface area (Å²) in [5, 5.41) is 8.71. The smallest absolute Gasteiger partial charge is 0.0947 e. The van der Waals surface area contributed by atoms with Gasteiger partial charge in [0.25, 0.3) is 0 Å². The fourth-order valence-corrected chi connectivity index (χ4v) is 1.37. The van der Waals surface area contributed by atoms with Crippen LogP contribution >= 0.6 is 0 Å². The van der Waals surface area contributed by atoms with Crippen LogP contribution in [0.2, 0.25) is 0 Å². The Kier molecular flexibility index (Phi) is 4.21. The van der Waals surface area contributed by atoms with Gasteiger partial charge in [0.2, 0.25) is 0 Å². The van der Waals surface area contributed by atoms with Gasteiger partial charge in [-0.15, -0.1) is 0 Å². The molecule has 1 aromatic rings. The lowest BCUT2D eigenvalue weighted by Gasteiger charge is -2.20. The van der Waals surface area contributed by atoms with E-state index < -0.39 is 0 Å². The van der Waals surface area contributed by atoms with E-state index in [1.807, 2.05) is 13.0 Å². The van der Waals surface area contributed by atoms with Crippen LogP contribution in [0.15, 0.2) is 23.0 Å². The van der Waals surface area contributed by atoms with Crippen LogP contribution in [-0.2, 0) is 6.54 Å². The lowest BCUT2D eigenvalue weighted by Crippen LogP contribution is -2.27. The van der Waals surface area contributed by atoms with Gasteiger partial charge in [-0.3, -0.25) is 4.90 Å². The second-order valence-electron chi connectivity index (χ2n) is 3.49. The monoisotopic (exact) mass is 192 g/mol. The number of hydrogen-bond acceptors (Lipinski definition) is 3. The van der Waals surface area contributed by atoms with Crippen LogP contribution in [0.1, 0.15) is 19.4 Å². The zero-order valence-electron chi connectivity index (χ0n) is 8.73. The molecule has 0 aromatic carbocycles. The van der Waals surface area contributed by atoms with Gasteiger partial charge in [0.05, 0.1) is 24.5 Å². The first-order valence-electron chi connectivity index (χ1n) is 4.89. The van der Waals surface area contributed by atoms with Crippen LogP contribution < -0.4 is 0 Å². The first kappa shape index (κ1) is 10.8. The normalized spacial score (nSPS) is 12.7. The minimum atomic E-state index is 0.0850. The average molecular weight is 192 g/mol. The largest absolute Gasteiger partial charge is 0.472 e. The van der Waals surface area contributed by atoms with Crippen molar-refractivity contribution in [2.45, 2.75) is 20.4 Å². The lowest BCUT2D eigenvalue weighted by atomic mass is 10.2. The molecule has 0 saturated carbocycles. The third-order valence-corrected chi connectivity index (χ3v) is 2.19. The first-order chi connectivity index (χ1) is 6.76. The van der Waals surface area contributed by atoms with Crippen molar-refractivity contribution in [3.8, 4) is 6.07 Å². The lowest BCUT2D eigenvalue weighted by molar-refractivity contribution is 0.259. The molecule has 3 heteroatoms. The number of nitrogens with zero attached hydrogens (tertiary/aromatic N) is 2. The summed E-state index contributed by atoms with van der Waals surface area (Å²) >= 11 is 0. The summed E-state index contributed by atoms with van der Waals surface area (Å²) in [6.45, 7) is 6.68. The Morgan fingerprint density at radius 1 is 1.64 bits per heavy atom. The molecule has 0 N–H and O–H groups in total. The molecular weight excluding hydrogens is 176 g/mol. The summed E-state index contributed by atoms with van der Waals surface area (Å²) in [4.78, 5) is 2.23. The Hall–Kier alpha value is -1.27. The van der Waals surface area contributed by atoms with Gasteiger partial charge < -0.3 is 4.42 Å². The van der Waals surface area contributed by atoms with Crippen molar-refractivity contribution in [1.29, 1.82) is 5.26 Å². The molecule has 0 aliphatic heterocycles. The quantitative estimate of drug-likeness (QED) is 0.718. The van der Waals surface area contributed by atoms with Gasteiger partial charge in [0.15, 0.2) is 0 Å². The number of nitriles is 1. The van der Waals surface area contributed by atoms with E-state index in [1.54, 1.807) is 12.5 Å². The molecule has 1 aromatic heterocycles. The van der Waals surface area contributed by atoms with Gasteiger partial charge in [0, 0.05) is 18.7 Å². The van der Waals surface area contributed by atoms with Crippen molar-refractivity contribution in [3.05, 3.63) is 24.2 Å². The highest BCUT2D eigenvalue weighted by molar-refractivity contribution is 5.05. The van der Waals surface area contributed by atoms with E-state index in [1.165, 1.54) is 0 Å². The Labute approximate surface area is 84.9 Å². The summed E-state index contributed by atoms with van der Waals surface area (Å²) < 4.78 is 5.00. The second kappa shape index (κ2) is 5.46. The Morgan fingerprint density at radius 2 is 2.43 bits per heavy atom. The Morgan fingerprint density at radius 3 is 2.93 bits per heavy atom. The number of hydrogen-bond donors (Lipinski definition) is 0. The first-order valence-corrected chi connectivity index (χ1v) is 4.89. The summed E-state index contributed by atoms with van der Waals surface area (Å²) in [5.74, 6) is 0.0850. The predicted octanol–water partition coefficient (Wildman–Crippen LogP) is 2.26. The fraction of sp³-hybridized carbons (Fsp3) is 0.545. The third kappa shape index (κ3) is 3.23. The highest BCUT2D eigenvalue weighted by atomic mass is 16.3. The van der Waals surface area contributed by atoms with Crippen LogP contribution in [0.25, 0.3) is 0 Å². The molecule has 0 saturated heterocycles. The van der Waals surface area contributed by atoms with Crippen molar-refractivity contribution in [3.63, 3.8) is 0 Å². The van der Waals surface area contributed by atoms with Crippen molar-refractivity contribution < 1.29 is 4.42 Å². The molecule has 3 nitrogen and oxygen atoms in total. The van der Waals surface area contributed by atoms with Crippen LogP contribution in [-0.4, -0.2) is 18.0 Å².